The van der Waals surface area contributed by atoms with E-state index in [4.69, 9.17) is 4.74 Å². The van der Waals surface area contributed by atoms with Crippen molar-refractivity contribution in [2.75, 3.05) is 19.0 Å². The van der Waals surface area contributed by atoms with Crippen molar-refractivity contribution in [3.63, 3.8) is 0 Å². The third kappa shape index (κ3) is 3.96. The Hall–Kier alpha value is -3.39. The Bertz CT molecular complexity index is 1050. The number of nitrogens with zero attached hydrogens (tertiary/aromatic N) is 3. The normalized spacial score (nSPS) is 10.7. The van der Waals surface area contributed by atoms with Crippen LogP contribution in [0.2, 0.25) is 0 Å². The second kappa shape index (κ2) is 8.53. The van der Waals surface area contributed by atoms with Crippen LogP contribution in [0.15, 0.2) is 53.6 Å². The van der Waals surface area contributed by atoms with E-state index in [1.165, 1.54) is 30.0 Å². The van der Waals surface area contributed by atoms with Gasteiger partial charge in [-0.15, -0.1) is 0 Å². The number of ketones is 1. The standard InChI is InChI=1S/C20H19FN4O3/c1-3-25-20(27)19(23-15-8-4-7-14(21)10-15)17(16(26)12-28-2)18(24-25)13-6-5-9-22-11-13/h4-11,23H,3,12H2,1-2H3. The fourth-order valence-electron chi connectivity index (χ4n) is 2.79. The summed E-state index contributed by atoms with van der Waals surface area (Å²) < 4.78 is 19.8. The first kappa shape index (κ1) is 19.4. The molecular formula is C20H19FN4O3. The molecule has 28 heavy (non-hydrogen) atoms. The second-order valence-corrected chi connectivity index (χ2v) is 5.95. The summed E-state index contributed by atoms with van der Waals surface area (Å²) in [7, 11) is 1.39. The number of pyridine rings is 1. The average molecular weight is 382 g/mol. The van der Waals surface area contributed by atoms with Crippen LogP contribution in [0.4, 0.5) is 15.8 Å². The molecule has 1 N–H and O–H groups in total. The molecule has 0 atom stereocenters. The molecule has 0 aliphatic heterocycles. The predicted molar refractivity (Wildman–Crippen MR) is 103 cm³/mol. The molecule has 3 rings (SSSR count). The van der Waals surface area contributed by atoms with Crippen molar-refractivity contribution in [1.29, 1.82) is 0 Å². The number of aryl methyl sites for hydroxylation is 1. The summed E-state index contributed by atoms with van der Waals surface area (Å²) in [4.78, 5) is 29.8. The molecule has 0 aliphatic rings. The van der Waals surface area contributed by atoms with Crippen molar-refractivity contribution >= 4 is 17.2 Å². The van der Waals surface area contributed by atoms with Gasteiger partial charge in [0.1, 0.15) is 23.8 Å². The molecule has 1 aromatic carbocycles. The molecule has 8 heteroatoms. The smallest absolute Gasteiger partial charge is 0.291 e. The molecule has 2 aromatic heterocycles. The molecule has 0 saturated heterocycles. The summed E-state index contributed by atoms with van der Waals surface area (Å²) in [6.45, 7) is 1.83. The molecule has 0 aliphatic carbocycles. The maximum atomic E-state index is 13.6. The van der Waals surface area contributed by atoms with Gasteiger partial charge >= 0.3 is 0 Å². The molecule has 0 radical (unpaired) electrons. The molecule has 2 heterocycles. The summed E-state index contributed by atoms with van der Waals surface area (Å²) in [5.74, 6) is -0.889. The van der Waals surface area contributed by atoms with Crippen LogP contribution in [0, 0.1) is 5.82 Å². The third-order valence-electron chi connectivity index (χ3n) is 4.04. The zero-order chi connectivity index (χ0) is 20.1. The number of nitrogens with one attached hydrogen (secondary N) is 1. The SMILES string of the molecule is CCn1nc(-c2cccnc2)c(C(=O)COC)c(Nc2cccc(F)c2)c1=O. The average Bonchev–Trinajstić information content (AvgIpc) is 2.70. The lowest BCUT2D eigenvalue weighted by molar-refractivity contribution is 0.0849. The number of benzene rings is 1. The van der Waals surface area contributed by atoms with E-state index in [1.807, 2.05) is 0 Å². The lowest BCUT2D eigenvalue weighted by Crippen LogP contribution is -2.29. The number of rotatable bonds is 7. The molecule has 0 unspecified atom stereocenters. The summed E-state index contributed by atoms with van der Waals surface area (Å²) in [5, 5.41) is 7.25. The fourth-order valence-corrected chi connectivity index (χ4v) is 2.79. The van der Waals surface area contributed by atoms with Crippen molar-refractivity contribution in [3.8, 4) is 11.3 Å². The molecule has 0 fully saturated rings. The van der Waals surface area contributed by atoms with Crippen LogP contribution in [-0.4, -0.2) is 34.3 Å². The largest absolute Gasteiger partial charge is 0.377 e. The van der Waals surface area contributed by atoms with E-state index in [0.29, 0.717) is 23.5 Å². The van der Waals surface area contributed by atoms with Crippen LogP contribution in [-0.2, 0) is 11.3 Å². The van der Waals surface area contributed by atoms with Crippen LogP contribution in [0.25, 0.3) is 11.3 Å². The van der Waals surface area contributed by atoms with Gasteiger partial charge in [-0.05, 0) is 37.3 Å². The van der Waals surface area contributed by atoms with Crippen molar-refractivity contribution < 1.29 is 13.9 Å². The number of halogens is 1. The minimum atomic E-state index is -0.487. The van der Waals surface area contributed by atoms with E-state index < -0.39 is 17.2 Å². The van der Waals surface area contributed by atoms with Gasteiger partial charge in [-0.3, -0.25) is 14.6 Å². The van der Waals surface area contributed by atoms with Gasteiger partial charge in [0.2, 0.25) is 0 Å². The van der Waals surface area contributed by atoms with Gasteiger partial charge < -0.3 is 10.1 Å². The lowest BCUT2D eigenvalue weighted by atomic mass is 10.0. The van der Waals surface area contributed by atoms with Crippen LogP contribution < -0.4 is 10.9 Å². The van der Waals surface area contributed by atoms with E-state index in [9.17, 15) is 14.0 Å². The first-order chi connectivity index (χ1) is 13.5. The van der Waals surface area contributed by atoms with Gasteiger partial charge in [0, 0.05) is 37.3 Å². The third-order valence-corrected chi connectivity index (χ3v) is 4.04. The number of aromatic nitrogens is 3. The summed E-state index contributed by atoms with van der Waals surface area (Å²) in [6.07, 6.45) is 3.16. The van der Waals surface area contributed by atoms with Gasteiger partial charge in [0.25, 0.3) is 5.56 Å². The van der Waals surface area contributed by atoms with E-state index >= 15 is 0 Å². The van der Waals surface area contributed by atoms with Crippen molar-refractivity contribution in [2.45, 2.75) is 13.5 Å². The van der Waals surface area contributed by atoms with Gasteiger partial charge in [-0.25, -0.2) is 9.07 Å². The summed E-state index contributed by atoms with van der Waals surface area (Å²) in [6, 6.07) is 9.10. The predicted octanol–water partition coefficient (Wildman–Crippen LogP) is 3.04. The van der Waals surface area contributed by atoms with Gasteiger partial charge in [0.05, 0.1) is 5.56 Å². The number of carbonyl (C=O) groups excluding carboxylic acids is 1. The number of methoxy groups -OCH3 is 1. The minimum absolute atomic E-state index is 0.0170. The maximum absolute atomic E-state index is 13.6. The molecule has 0 bridgehead atoms. The quantitative estimate of drug-likeness (QED) is 0.632. The topological polar surface area (TPSA) is 86.1 Å². The minimum Gasteiger partial charge on any atom is -0.377 e. The van der Waals surface area contributed by atoms with Crippen LogP contribution >= 0.6 is 0 Å². The zero-order valence-electron chi connectivity index (χ0n) is 15.5. The highest BCUT2D eigenvalue weighted by atomic mass is 19.1. The van der Waals surface area contributed by atoms with Crippen molar-refractivity contribution in [1.82, 2.24) is 14.8 Å². The Kier molecular flexibility index (Phi) is 5.90. The monoisotopic (exact) mass is 382 g/mol. The maximum Gasteiger partial charge on any atom is 0.291 e. The van der Waals surface area contributed by atoms with Crippen molar-refractivity contribution in [3.05, 3.63) is 70.5 Å². The number of ether oxygens (including phenoxy) is 1. The van der Waals surface area contributed by atoms with E-state index in [1.54, 1.807) is 37.5 Å². The molecule has 144 valence electrons. The van der Waals surface area contributed by atoms with E-state index in [2.05, 4.69) is 15.4 Å². The van der Waals surface area contributed by atoms with Gasteiger partial charge in [0.15, 0.2) is 5.78 Å². The Morgan fingerprint density at radius 3 is 2.75 bits per heavy atom. The molecule has 7 nitrogen and oxygen atoms in total. The number of hydrogen-bond acceptors (Lipinski definition) is 6. The van der Waals surface area contributed by atoms with Crippen molar-refractivity contribution in [2.24, 2.45) is 0 Å². The zero-order valence-corrected chi connectivity index (χ0v) is 15.5. The molecule has 3 aromatic rings. The Labute approximate surface area is 160 Å². The van der Waals surface area contributed by atoms with Gasteiger partial charge in [-0.1, -0.05) is 6.07 Å². The Balaban J connectivity index is 2.28. The number of hydrogen-bond donors (Lipinski definition) is 1. The highest BCUT2D eigenvalue weighted by Crippen LogP contribution is 2.27. The van der Waals surface area contributed by atoms with E-state index in [-0.39, 0.29) is 17.9 Å². The summed E-state index contributed by atoms with van der Waals surface area (Å²) >= 11 is 0. The number of anilines is 2. The second-order valence-electron chi connectivity index (χ2n) is 5.95. The molecule has 0 amide bonds. The fraction of sp³-hybridized carbons (Fsp3) is 0.200. The Morgan fingerprint density at radius 2 is 2.11 bits per heavy atom. The molecular weight excluding hydrogens is 363 g/mol. The first-order valence-corrected chi connectivity index (χ1v) is 8.65. The lowest BCUT2D eigenvalue weighted by Gasteiger charge is -2.16. The number of carbonyl (C=O) groups is 1. The molecule has 0 saturated carbocycles. The van der Waals surface area contributed by atoms with Gasteiger partial charge in [-0.2, -0.15) is 5.10 Å². The first-order valence-electron chi connectivity index (χ1n) is 8.65. The van der Waals surface area contributed by atoms with Crippen LogP contribution in [0.1, 0.15) is 17.3 Å². The highest BCUT2D eigenvalue weighted by Gasteiger charge is 2.24. The van der Waals surface area contributed by atoms with E-state index in [0.717, 1.165) is 0 Å². The van der Waals surface area contributed by atoms with Crippen LogP contribution in [0.5, 0.6) is 0 Å². The number of Topliss-reactive ketones (excluding diaryl/α,β-unsaturated/α-hetero) is 1. The van der Waals surface area contributed by atoms with Crippen LogP contribution in [0.3, 0.4) is 0 Å². The Morgan fingerprint density at radius 1 is 1.29 bits per heavy atom. The highest BCUT2D eigenvalue weighted by molar-refractivity contribution is 6.07. The summed E-state index contributed by atoms with van der Waals surface area (Å²) in [5.41, 5.74) is 0.826. The molecule has 0 spiro atoms.